The largest absolute Gasteiger partial charge is 0.0651 e. The van der Waals surface area contributed by atoms with Crippen molar-refractivity contribution >= 4 is 0 Å². The molecule has 0 N–H and O–H groups in total. The van der Waals surface area contributed by atoms with Crippen LogP contribution in [0.15, 0.2) is 0 Å². The van der Waals surface area contributed by atoms with Crippen LogP contribution in [0.1, 0.15) is 67.7 Å². The Morgan fingerprint density at radius 2 is 1.50 bits per heavy atom. The standard InChI is InChI=1S/C14H30/c1-8-13(10-14(5,6)7)9-12(4)11(2)3/h11-13H,8-10H2,1-7H3. The normalized spacial score (nSPS) is 17.1. The average molecular weight is 198 g/mol. The second kappa shape index (κ2) is 5.78. The molecule has 0 saturated carbocycles. The van der Waals surface area contributed by atoms with Crippen molar-refractivity contribution < 1.29 is 0 Å². The highest BCUT2D eigenvalue weighted by Gasteiger charge is 2.20. The van der Waals surface area contributed by atoms with Crippen molar-refractivity contribution in [1.82, 2.24) is 0 Å². The van der Waals surface area contributed by atoms with E-state index in [4.69, 9.17) is 0 Å². The van der Waals surface area contributed by atoms with Gasteiger partial charge in [0.2, 0.25) is 0 Å². The van der Waals surface area contributed by atoms with Crippen LogP contribution in [-0.4, -0.2) is 0 Å². The Morgan fingerprint density at radius 1 is 1.00 bits per heavy atom. The van der Waals surface area contributed by atoms with Crippen LogP contribution in [0, 0.1) is 23.2 Å². The average Bonchev–Trinajstić information content (AvgIpc) is 2.00. The van der Waals surface area contributed by atoms with Gasteiger partial charge in [-0.3, -0.25) is 0 Å². The van der Waals surface area contributed by atoms with Gasteiger partial charge in [-0.15, -0.1) is 0 Å². The number of rotatable bonds is 5. The van der Waals surface area contributed by atoms with Gasteiger partial charge in [-0.2, -0.15) is 0 Å². The molecule has 0 rings (SSSR count). The molecule has 0 bridgehead atoms. The first-order chi connectivity index (χ1) is 6.26. The van der Waals surface area contributed by atoms with Gasteiger partial charge in [0.1, 0.15) is 0 Å². The van der Waals surface area contributed by atoms with Gasteiger partial charge in [0, 0.05) is 0 Å². The van der Waals surface area contributed by atoms with Crippen LogP contribution in [0.5, 0.6) is 0 Å². The Bertz CT molecular complexity index is 139. The van der Waals surface area contributed by atoms with E-state index in [9.17, 15) is 0 Å². The maximum Gasteiger partial charge on any atom is -0.0380 e. The van der Waals surface area contributed by atoms with Gasteiger partial charge < -0.3 is 0 Å². The summed E-state index contributed by atoms with van der Waals surface area (Å²) >= 11 is 0. The summed E-state index contributed by atoms with van der Waals surface area (Å²) in [6.45, 7) is 16.5. The first-order valence-electron chi connectivity index (χ1n) is 6.26. The maximum absolute atomic E-state index is 2.40. The molecule has 0 aliphatic heterocycles. The van der Waals surface area contributed by atoms with Crippen molar-refractivity contribution in [3.63, 3.8) is 0 Å². The van der Waals surface area contributed by atoms with Gasteiger partial charge in [0.05, 0.1) is 0 Å². The third kappa shape index (κ3) is 6.45. The van der Waals surface area contributed by atoms with E-state index in [0.29, 0.717) is 5.41 Å². The molecule has 86 valence electrons. The Labute approximate surface area is 91.5 Å². The third-order valence-electron chi connectivity index (χ3n) is 3.32. The lowest BCUT2D eigenvalue weighted by Gasteiger charge is -2.28. The van der Waals surface area contributed by atoms with Crippen molar-refractivity contribution in [2.75, 3.05) is 0 Å². The molecular weight excluding hydrogens is 168 g/mol. The first kappa shape index (κ1) is 14.0. The first-order valence-corrected chi connectivity index (χ1v) is 6.26. The highest BCUT2D eigenvalue weighted by molar-refractivity contribution is 4.71. The molecule has 0 aromatic rings. The molecule has 0 radical (unpaired) electrons. The lowest BCUT2D eigenvalue weighted by atomic mass is 9.78. The maximum atomic E-state index is 2.40. The van der Waals surface area contributed by atoms with E-state index in [-0.39, 0.29) is 0 Å². The Balaban J connectivity index is 4.03. The van der Waals surface area contributed by atoms with Gasteiger partial charge in [0.15, 0.2) is 0 Å². The predicted octanol–water partition coefficient (Wildman–Crippen LogP) is 5.13. The molecule has 0 amide bonds. The molecule has 0 aliphatic carbocycles. The molecular formula is C14H30. The fraction of sp³-hybridized carbons (Fsp3) is 1.00. The summed E-state index contributed by atoms with van der Waals surface area (Å²) in [6, 6.07) is 0. The van der Waals surface area contributed by atoms with E-state index in [1.807, 2.05) is 0 Å². The van der Waals surface area contributed by atoms with Gasteiger partial charge in [-0.05, 0) is 36.0 Å². The van der Waals surface area contributed by atoms with Gasteiger partial charge in [-0.25, -0.2) is 0 Å². The predicted molar refractivity (Wildman–Crippen MR) is 66.5 cm³/mol. The molecule has 2 atom stereocenters. The SMILES string of the molecule is CCC(CC(C)C(C)C)CC(C)(C)C. The molecule has 14 heavy (non-hydrogen) atoms. The second-order valence-electron chi connectivity index (χ2n) is 6.50. The molecule has 0 heteroatoms. The van der Waals surface area contributed by atoms with Crippen molar-refractivity contribution in [3.8, 4) is 0 Å². The summed E-state index contributed by atoms with van der Waals surface area (Å²) in [5.41, 5.74) is 0.497. The van der Waals surface area contributed by atoms with Crippen LogP contribution in [-0.2, 0) is 0 Å². The molecule has 0 spiro atoms. The summed E-state index contributed by atoms with van der Waals surface area (Å²) in [5.74, 6) is 2.64. The van der Waals surface area contributed by atoms with E-state index in [0.717, 1.165) is 17.8 Å². The van der Waals surface area contributed by atoms with Crippen molar-refractivity contribution in [1.29, 1.82) is 0 Å². The van der Waals surface area contributed by atoms with Crippen molar-refractivity contribution in [3.05, 3.63) is 0 Å². The highest BCUT2D eigenvalue weighted by atomic mass is 14.3. The van der Waals surface area contributed by atoms with E-state index < -0.39 is 0 Å². The van der Waals surface area contributed by atoms with Crippen LogP contribution in [0.3, 0.4) is 0 Å². The van der Waals surface area contributed by atoms with E-state index in [1.54, 1.807) is 0 Å². The van der Waals surface area contributed by atoms with Crippen LogP contribution in [0.25, 0.3) is 0 Å². The lowest BCUT2D eigenvalue weighted by molar-refractivity contribution is 0.231. The second-order valence-corrected chi connectivity index (χ2v) is 6.50. The molecule has 0 aromatic heterocycles. The fourth-order valence-corrected chi connectivity index (χ4v) is 2.06. The van der Waals surface area contributed by atoms with Gasteiger partial charge in [-0.1, -0.05) is 54.9 Å². The minimum Gasteiger partial charge on any atom is -0.0651 e. The Kier molecular flexibility index (Phi) is 5.78. The van der Waals surface area contributed by atoms with Crippen LogP contribution < -0.4 is 0 Å². The molecule has 2 unspecified atom stereocenters. The quantitative estimate of drug-likeness (QED) is 0.574. The zero-order valence-electron chi connectivity index (χ0n) is 11.4. The summed E-state index contributed by atoms with van der Waals surface area (Å²) in [6.07, 6.45) is 4.13. The monoisotopic (exact) mass is 198 g/mol. The van der Waals surface area contributed by atoms with Crippen LogP contribution in [0.2, 0.25) is 0 Å². The highest BCUT2D eigenvalue weighted by Crippen LogP contribution is 2.31. The topological polar surface area (TPSA) is 0 Å². The third-order valence-corrected chi connectivity index (χ3v) is 3.32. The molecule has 0 saturated heterocycles. The Morgan fingerprint density at radius 3 is 1.79 bits per heavy atom. The van der Waals surface area contributed by atoms with Crippen LogP contribution in [0.4, 0.5) is 0 Å². The van der Waals surface area contributed by atoms with E-state index in [2.05, 4.69) is 48.5 Å². The zero-order valence-corrected chi connectivity index (χ0v) is 11.4. The molecule has 0 aromatic carbocycles. The van der Waals surface area contributed by atoms with Gasteiger partial charge >= 0.3 is 0 Å². The number of hydrogen-bond donors (Lipinski definition) is 0. The summed E-state index contributed by atoms with van der Waals surface area (Å²) in [4.78, 5) is 0. The summed E-state index contributed by atoms with van der Waals surface area (Å²) < 4.78 is 0. The zero-order chi connectivity index (χ0) is 11.4. The number of hydrogen-bond acceptors (Lipinski definition) is 0. The minimum atomic E-state index is 0.497. The molecule has 0 fully saturated rings. The van der Waals surface area contributed by atoms with Crippen LogP contribution >= 0.6 is 0 Å². The fourth-order valence-electron chi connectivity index (χ4n) is 2.06. The summed E-state index contributed by atoms with van der Waals surface area (Å²) in [5, 5.41) is 0. The van der Waals surface area contributed by atoms with Gasteiger partial charge in [0.25, 0.3) is 0 Å². The smallest absolute Gasteiger partial charge is 0.0380 e. The Hall–Kier alpha value is 0. The minimum absolute atomic E-state index is 0.497. The molecule has 0 aliphatic rings. The molecule has 0 heterocycles. The lowest BCUT2D eigenvalue weighted by Crippen LogP contribution is -2.17. The summed E-state index contributed by atoms with van der Waals surface area (Å²) in [7, 11) is 0. The van der Waals surface area contributed by atoms with Crippen molar-refractivity contribution in [2.24, 2.45) is 23.2 Å². The molecule has 0 nitrogen and oxygen atoms in total. The van der Waals surface area contributed by atoms with Crippen molar-refractivity contribution in [2.45, 2.75) is 67.7 Å². The van der Waals surface area contributed by atoms with E-state index in [1.165, 1.54) is 19.3 Å². The van der Waals surface area contributed by atoms with E-state index >= 15 is 0 Å².